The number of carbonyl (C=O) groups excluding carboxylic acids is 1. The molecule has 5 heteroatoms. The Kier molecular flexibility index (Phi) is 4.90. The lowest BCUT2D eigenvalue weighted by atomic mass is 9.93. The van der Waals surface area contributed by atoms with Crippen LogP contribution in [0.4, 0.5) is 4.79 Å². The van der Waals surface area contributed by atoms with Gasteiger partial charge in [-0.1, -0.05) is 18.6 Å². The van der Waals surface area contributed by atoms with E-state index in [-0.39, 0.29) is 0 Å². The number of benzene rings is 1. The summed E-state index contributed by atoms with van der Waals surface area (Å²) in [5.74, 6) is 0.642. The van der Waals surface area contributed by atoms with Crippen molar-refractivity contribution in [2.75, 3.05) is 13.1 Å². The van der Waals surface area contributed by atoms with Crippen molar-refractivity contribution in [1.29, 1.82) is 0 Å². The largest absolute Gasteiger partial charge is 0.442 e. The monoisotopic (exact) mass is 329 g/mol. The van der Waals surface area contributed by atoms with Crippen LogP contribution in [0.3, 0.4) is 0 Å². The second-order valence-electron chi connectivity index (χ2n) is 7.66. The van der Waals surface area contributed by atoms with Gasteiger partial charge in [-0.05, 0) is 70.7 Å². The number of nitrogens with one attached hydrogen (secondary N) is 1. The Bertz CT molecular complexity index is 707. The van der Waals surface area contributed by atoms with Gasteiger partial charge in [-0.3, -0.25) is 0 Å². The highest BCUT2D eigenvalue weighted by atomic mass is 16.6. The molecule has 5 nitrogen and oxygen atoms in total. The molecular weight excluding hydrogens is 302 g/mol. The molecule has 1 aromatic carbocycles. The molecule has 1 aliphatic heterocycles. The summed E-state index contributed by atoms with van der Waals surface area (Å²) in [5.41, 5.74) is 1.55. The van der Waals surface area contributed by atoms with Crippen LogP contribution >= 0.6 is 0 Å². The van der Waals surface area contributed by atoms with Gasteiger partial charge in [0.1, 0.15) is 5.60 Å². The smallest absolute Gasteiger partial charge is 0.435 e. The normalized spacial score (nSPS) is 19.2. The average Bonchev–Trinajstić information content (AvgIpc) is 2.78. The van der Waals surface area contributed by atoms with Crippen LogP contribution in [0.5, 0.6) is 0 Å². The number of hydrogen-bond donors (Lipinski definition) is 1. The molecule has 1 aliphatic rings. The zero-order valence-corrected chi connectivity index (χ0v) is 14.8. The van der Waals surface area contributed by atoms with Crippen LogP contribution in [-0.2, 0) is 11.2 Å². The Balaban J connectivity index is 1.84. The Morgan fingerprint density at radius 1 is 1.38 bits per heavy atom. The fourth-order valence-corrected chi connectivity index (χ4v) is 3.32. The lowest BCUT2D eigenvalue weighted by molar-refractivity contribution is 0.0523. The molecule has 0 saturated carbocycles. The molecule has 24 heavy (non-hydrogen) atoms. The van der Waals surface area contributed by atoms with Crippen LogP contribution in [-0.4, -0.2) is 34.6 Å². The maximum absolute atomic E-state index is 12.4. The highest BCUT2D eigenvalue weighted by molar-refractivity contribution is 5.89. The maximum Gasteiger partial charge on any atom is 0.435 e. The summed E-state index contributed by atoms with van der Waals surface area (Å²) in [6, 6.07) is 6.08. The summed E-state index contributed by atoms with van der Waals surface area (Å²) in [7, 11) is 0. The first-order valence-electron chi connectivity index (χ1n) is 8.84. The van der Waals surface area contributed by atoms with Crippen LogP contribution in [0.2, 0.25) is 0 Å². The summed E-state index contributed by atoms with van der Waals surface area (Å²) in [6.45, 7) is 7.77. The van der Waals surface area contributed by atoms with E-state index in [0.29, 0.717) is 5.92 Å². The molecule has 0 aliphatic carbocycles. The van der Waals surface area contributed by atoms with Crippen LogP contribution in [0.15, 0.2) is 24.4 Å². The van der Waals surface area contributed by atoms with Gasteiger partial charge in [-0.25, -0.2) is 4.79 Å². The first-order valence-corrected chi connectivity index (χ1v) is 8.84. The van der Waals surface area contributed by atoms with E-state index in [9.17, 15) is 4.79 Å². The van der Waals surface area contributed by atoms with Crippen molar-refractivity contribution in [2.24, 2.45) is 5.92 Å². The van der Waals surface area contributed by atoms with Gasteiger partial charge in [0.15, 0.2) is 0 Å². The minimum atomic E-state index is -0.529. The third kappa shape index (κ3) is 3.96. The van der Waals surface area contributed by atoms with Crippen LogP contribution in [0.1, 0.15) is 45.6 Å². The molecule has 1 saturated heterocycles. The Hall–Kier alpha value is -1.88. The zero-order chi connectivity index (χ0) is 17.2. The van der Waals surface area contributed by atoms with Gasteiger partial charge in [-0.2, -0.15) is 9.78 Å². The summed E-state index contributed by atoms with van der Waals surface area (Å²) >= 11 is 0. The summed E-state index contributed by atoms with van der Waals surface area (Å²) in [6.07, 6.45) is 6.18. The summed E-state index contributed by atoms with van der Waals surface area (Å²) in [4.78, 5) is 12.4. The molecule has 1 fully saturated rings. The molecule has 3 rings (SSSR count). The number of aromatic nitrogens is 2. The van der Waals surface area contributed by atoms with Crippen LogP contribution in [0, 0.1) is 5.92 Å². The maximum atomic E-state index is 12.4. The molecule has 0 spiro atoms. The second-order valence-corrected chi connectivity index (χ2v) is 7.66. The van der Waals surface area contributed by atoms with Gasteiger partial charge in [0.25, 0.3) is 0 Å². The van der Waals surface area contributed by atoms with Crippen molar-refractivity contribution >= 4 is 17.0 Å². The molecule has 2 heterocycles. The van der Waals surface area contributed by atoms with Gasteiger partial charge >= 0.3 is 6.09 Å². The lowest BCUT2D eigenvalue weighted by Gasteiger charge is -2.19. The molecule has 1 atom stereocenters. The number of carbonyl (C=O) groups is 1. The van der Waals surface area contributed by atoms with Gasteiger partial charge < -0.3 is 10.1 Å². The lowest BCUT2D eigenvalue weighted by Crippen LogP contribution is -2.27. The predicted octanol–water partition coefficient (Wildman–Crippen LogP) is 3.75. The van der Waals surface area contributed by atoms with Crippen molar-refractivity contribution in [3.05, 3.63) is 30.0 Å². The van der Waals surface area contributed by atoms with Crippen molar-refractivity contribution in [2.45, 2.75) is 52.1 Å². The molecule has 0 amide bonds. The molecule has 0 radical (unpaired) electrons. The SMILES string of the molecule is CC(C)(C)OC(=O)n1ncc2c(CC3CCCCNC3)cccc21. The van der Waals surface area contributed by atoms with E-state index < -0.39 is 11.7 Å². The minimum Gasteiger partial charge on any atom is -0.442 e. The third-order valence-electron chi connectivity index (χ3n) is 4.43. The molecular formula is C19H27N3O2. The van der Waals surface area contributed by atoms with Crippen molar-refractivity contribution in [3.8, 4) is 0 Å². The highest BCUT2D eigenvalue weighted by Gasteiger charge is 2.21. The van der Waals surface area contributed by atoms with E-state index in [0.717, 1.165) is 30.4 Å². The van der Waals surface area contributed by atoms with E-state index in [2.05, 4.69) is 16.5 Å². The van der Waals surface area contributed by atoms with Crippen LogP contribution < -0.4 is 5.32 Å². The number of ether oxygens (including phenoxy) is 1. The van der Waals surface area contributed by atoms with E-state index in [4.69, 9.17) is 4.74 Å². The van der Waals surface area contributed by atoms with E-state index in [1.54, 1.807) is 6.20 Å². The third-order valence-corrected chi connectivity index (χ3v) is 4.43. The number of hydrogen-bond acceptors (Lipinski definition) is 4. The Labute approximate surface area is 143 Å². The van der Waals surface area contributed by atoms with Crippen molar-refractivity contribution < 1.29 is 9.53 Å². The highest BCUT2D eigenvalue weighted by Crippen LogP contribution is 2.24. The minimum absolute atomic E-state index is 0.425. The van der Waals surface area contributed by atoms with Crippen molar-refractivity contribution in [3.63, 3.8) is 0 Å². The predicted molar refractivity (Wildman–Crippen MR) is 95.3 cm³/mol. The average molecular weight is 329 g/mol. The second kappa shape index (κ2) is 6.93. The molecule has 1 unspecified atom stereocenters. The molecule has 1 aromatic heterocycles. The summed E-state index contributed by atoms with van der Waals surface area (Å²) < 4.78 is 6.82. The fraction of sp³-hybridized carbons (Fsp3) is 0.579. The Morgan fingerprint density at radius 3 is 3.00 bits per heavy atom. The molecule has 0 bridgehead atoms. The van der Waals surface area contributed by atoms with Crippen LogP contribution in [0.25, 0.3) is 10.9 Å². The number of nitrogens with zero attached hydrogens (tertiary/aromatic N) is 2. The molecule has 1 N–H and O–H groups in total. The van der Waals surface area contributed by atoms with E-state index >= 15 is 0 Å². The zero-order valence-electron chi connectivity index (χ0n) is 14.8. The first-order chi connectivity index (χ1) is 11.4. The Morgan fingerprint density at radius 2 is 2.21 bits per heavy atom. The standard InChI is InChI=1S/C19H27N3O2/c1-19(2,3)24-18(23)22-17-9-6-8-15(16(17)13-21-22)11-14-7-4-5-10-20-12-14/h6,8-9,13-14,20H,4-5,7,10-12H2,1-3H3. The topological polar surface area (TPSA) is 56.2 Å². The number of rotatable bonds is 2. The quantitative estimate of drug-likeness (QED) is 0.911. The van der Waals surface area contributed by atoms with Gasteiger partial charge in [0.2, 0.25) is 0 Å². The van der Waals surface area contributed by atoms with Gasteiger partial charge in [-0.15, -0.1) is 0 Å². The van der Waals surface area contributed by atoms with Gasteiger partial charge in [0, 0.05) is 5.39 Å². The summed E-state index contributed by atoms with van der Waals surface area (Å²) in [5, 5.41) is 8.85. The van der Waals surface area contributed by atoms with Gasteiger partial charge in [0.05, 0.1) is 11.7 Å². The molecule has 2 aromatic rings. The fourth-order valence-electron chi connectivity index (χ4n) is 3.32. The molecule has 130 valence electrons. The van der Waals surface area contributed by atoms with Crippen molar-refractivity contribution in [1.82, 2.24) is 15.1 Å². The first kappa shape index (κ1) is 17.0. The van der Waals surface area contributed by atoms with E-state index in [1.165, 1.54) is 29.5 Å². The van der Waals surface area contributed by atoms with E-state index in [1.807, 2.05) is 32.9 Å². The number of fused-ring (bicyclic) bond motifs is 1.